The summed E-state index contributed by atoms with van der Waals surface area (Å²) in [6.07, 6.45) is 4.46. The smallest absolute Gasteiger partial charge is 0.310 e. The van der Waals surface area contributed by atoms with E-state index in [-0.39, 0.29) is 23.9 Å². The van der Waals surface area contributed by atoms with Crippen molar-refractivity contribution >= 4 is 11.9 Å². The van der Waals surface area contributed by atoms with Crippen molar-refractivity contribution in [2.45, 2.75) is 26.4 Å². The van der Waals surface area contributed by atoms with Crippen molar-refractivity contribution in [3.63, 3.8) is 0 Å². The number of carboxylic acid groups (broad SMARTS) is 1. The van der Waals surface area contributed by atoms with Gasteiger partial charge in [0.2, 0.25) is 0 Å². The van der Waals surface area contributed by atoms with E-state index in [9.17, 15) is 9.59 Å². The molecule has 2 aliphatic rings. The van der Waals surface area contributed by atoms with E-state index < -0.39 is 17.8 Å². The lowest BCUT2D eigenvalue weighted by molar-refractivity contribution is -0.161. The fraction of sp³-hybridized carbons (Fsp3) is 0.667. The molecule has 0 radical (unpaired) electrons. The van der Waals surface area contributed by atoms with Gasteiger partial charge in [-0.15, -0.1) is 0 Å². The van der Waals surface area contributed by atoms with Crippen LogP contribution in [0.4, 0.5) is 0 Å². The molecule has 0 aliphatic heterocycles. The standard InChI is InChI=1S/C12H16O4/c1-6(2)16-12(15)10-8-4-3-7(5-8)9(10)11(13)14/h3-4,6-10H,5H2,1-2H3,(H,13,14)/t7-,8+,9-,10+/m1/s1. The van der Waals surface area contributed by atoms with Gasteiger partial charge in [0.1, 0.15) is 0 Å². The third-order valence-corrected chi connectivity index (χ3v) is 3.37. The zero-order chi connectivity index (χ0) is 11.9. The highest BCUT2D eigenvalue weighted by Gasteiger charge is 2.52. The number of rotatable bonds is 3. The summed E-state index contributed by atoms with van der Waals surface area (Å²) in [5.41, 5.74) is 0. The van der Waals surface area contributed by atoms with Gasteiger partial charge in [-0.25, -0.2) is 0 Å². The number of esters is 1. The molecule has 4 nitrogen and oxygen atoms in total. The Kier molecular flexibility index (Phi) is 2.74. The fourth-order valence-electron chi connectivity index (χ4n) is 2.79. The molecule has 0 aromatic rings. The predicted octanol–water partition coefficient (Wildman–Crippen LogP) is 1.46. The average molecular weight is 224 g/mol. The van der Waals surface area contributed by atoms with Crippen LogP contribution < -0.4 is 0 Å². The number of carbonyl (C=O) groups excluding carboxylic acids is 1. The Balaban J connectivity index is 2.16. The first kappa shape index (κ1) is 11.2. The first-order valence-corrected chi connectivity index (χ1v) is 5.62. The van der Waals surface area contributed by atoms with Crippen molar-refractivity contribution in [2.24, 2.45) is 23.7 Å². The minimum Gasteiger partial charge on any atom is -0.481 e. The van der Waals surface area contributed by atoms with Gasteiger partial charge in [0.25, 0.3) is 0 Å². The van der Waals surface area contributed by atoms with Crippen LogP contribution in [0.15, 0.2) is 12.2 Å². The maximum Gasteiger partial charge on any atom is 0.310 e. The number of carboxylic acids is 1. The highest BCUT2D eigenvalue weighted by Crippen LogP contribution is 2.48. The lowest BCUT2D eigenvalue weighted by Crippen LogP contribution is -2.35. The lowest BCUT2D eigenvalue weighted by Gasteiger charge is -2.23. The first-order valence-electron chi connectivity index (χ1n) is 5.62. The van der Waals surface area contributed by atoms with E-state index >= 15 is 0 Å². The third-order valence-electron chi connectivity index (χ3n) is 3.37. The molecule has 0 spiro atoms. The van der Waals surface area contributed by atoms with Gasteiger partial charge in [-0.05, 0) is 32.1 Å². The molecule has 2 aliphatic carbocycles. The second-order valence-corrected chi connectivity index (χ2v) is 4.82. The minimum absolute atomic E-state index is 0.00668. The zero-order valence-electron chi connectivity index (χ0n) is 9.42. The number of hydrogen-bond donors (Lipinski definition) is 1. The number of ether oxygens (including phenoxy) is 1. The van der Waals surface area contributed by atoms with Crippen LogP contribution in [-0.2, 0) is 14.3 Å². The Labute approximate surface area is 94.3 Å². The van der Waals surface area contributed by atoms with Crippen LogP contribution in [0, 0.1) is 23.7 Å². The number of carbonyl (C=O) groups is 2. The van der Waals surface area contributed by atoms with E-state index in [2.05, 4.69) is 0 Å². The fourth-order valence-corrected chi connectivity index (χ4v) is 2.79. The van der Waals surface area contributed by atoms with Gasteiger partial charge in [0.05, 0.1) is 17.9 Å². The van der Waals surface area contributed by atoms with Crippen molar-refractivity contribution in [1.29, 1.82) is 0 Å². The van der Waals surface area contributed by atoms with E-state index in [1.54, 1.807) is 13.8 Å². The highest BCUT2D eigenvalue weighted by atomic mass is 16.5. The molecular formula is C12H16O4. The molecular weight excluding hydrogens is 208 g/mol. The van der Waals surface area contributed by atoms with Gasteiger partial charge < -0.3 is 9.84 Å². The van der Waals surface area contributed by atoms with Gasteiger partial charge in [0.15, 0.2) is 0 Å². The quantitative estimate of drug-likeness (QED) is 0.582. The predicted molar refractivity (Wildman–Crippen MR) is 56.6 cm³/mol. The molecule has 1 N–H and O–H groups in total. The molecule has 2 bridgehead atoms. The molecule has 1 fully saturated rings. The molecule has 1 saturated carbocycles. The van der Waals surface area contributed by atoms with Gasteiger partial charge in [0, 0.05) is 0 Å². The van der Waals surface area contributed by atoms with Crippen LogP contribution in [0.5, 0.6) is 0 Å². The normalized spacial score (nSPS) is 35.7. The Hall–Kier alpha value is -1.32. The van der Waals surface area contributed by atoms with Crippen molar-refractivity contribution in [3.05, 3.63) is 12.2 Å². The van der Waals surface area contributed by atoms with Crippen molar-refractivity contribution in [1.82, 2.24) is 0 Å². The lowest BCUT2D eigenvalue weighted by atomic mass is 9.83. The molecule has 16 heavy (non-hydrogen) atoms. The molecule has 2 rings (SSSR count). The number of allylic oxidation sites excluding steroid dienone is 2. The Bertz CT molecular complexity index is 345. The topological polar surface area (TPSA) is 63.6 Å². The van der Waals surface area contributed by atoms with Gasteiger partial charge >= 0.3 is 11.9 Å². The molecule has 0 aromatic heterocycles. The minimum atomic E-state index is -0.887. The average Bonchev–Trinajstić information content (AvgIpc) is 2.74. The number of aliphatic carboxylic acids is 1. The zero-order valence-corrected chi connectivity index (χ0v) is 9.42. The van der Waals surface area contributed by atoms with Crippen LogP contribution >= 0.6 is 0 Å². The number of hydrogen-bond acceptors (Lipinski definition) is 3. The molecule has 0 amide bonds. The maximum atomic E-state index is 11.8. The molecule has 0 heterocycles. The number of fused-ring (bicyclic) bond motifs is 2. The van der Waals surface area contributed by atoms with Crippen LogP contribution in [0.25, 0.3) is 0 Å². The molecule has 4 atom stereocenters. The Morgan fingerprint density at radius 2 is 1.81 bits per heavy atom. The molecule has 4 heteroatoms. The van der Waals surface area contributed by atoms with E-state index in [0.717, 1.165) is 6.42 Å². The Morgan fingerprint density at radius 1 is 1.25 bits per heavy atom. The largest absolute Gasteiger partial charge is 0.481 e. The summed E-state index contributed by atoms with van der Waals surface area (Å²) in [7, 11) is 0. The van der Waals surface area contributed by atoms with E-state index in [1.807, 2.05) is 12.2 Å². The second-order valence-electron chi connectivity index (χ2n) is 4.82. The summed E-state index contributed by atoms with van der Waals surface area (Å²) in [4.78, 5) is 23.0. The molecule has 0 saturated heterocycles. The van der Waals surface area contributed by atoms with Crippen LogP contribution in [0.3, 0.4) is 0 Å². The van der Waals surface area contributed by atoms with E-state index in [4.69, 9.17) is 9.84 Å². The summed E-state index contributed by atoms with van der Waals surface area (Å²) in [6.45, 7) is 3.55. The SMILES string of the molecule is CC(C)OC(=O)[C@@H]1[C@H](C(=O)O)[C@@H]2C=C[C@H]1C2. The van der Waals surface area contributed by atoms with Crippen molar-refractivity contribution in [2.75, 3.05) is 0 Å². The van der Waals surface area contributed by atoms with E-state index in [0.29, 0.717) is 0 Å². The highest BCUT2D eigenvalue weighted by molar-refractivity contribution is 5.83. The van der Waals surface area contributed by atoms with Crippen LogP contribution in [-0.4, -0.2) is 23.1 Å². The van der Waals surface area contributed by atoms with Crippen molar-refractivity contribution in [3.8, 4) is 0 Å². The summed E-state index contributed by atoms with van der Waals surface area (Å²) in [5, 5.41) is 9.15. The maximum absolute atomic E-state index is 11.8. The summed E-state index contributed by atoms with van der Waals surface area (Å²) < 4.78 is 5.13. The molecule has 0 unspecified atom stereocenters. The monoisotopic (exact) mass is 224 g/mol. The third kappa shape index (κ3) is 1.72. The summed E-state index contributed by atoms with van der Waals surface area (Å²) in [6, 6.07) is 0. The van der Waals surface area contributed by atoms with Crippen molar-refractivity contribution < 1.29 is 19.4 Å². The van der Waals surface area contributed by atoms with Gasteiger partial charge in [-0.2, -0.15) is 0 Å². The van der Waals surface area contributed by atoms with Crippen LogP contribution in [0.2, 0.25) is 0 Å². The van der Waals surface area contributed by atoms with E-state index in [1.165, 1.54) is 0 Å². The van der Waals surface area contributed by atoms with Gasteiger partial charge in [-0.1, -0.05) is 12.2 Å². The first-order chi connectivity index (χ1) is 7.50. The molecule has 0 aromatic carbocycles. The Morgan fingerprint density at radius 3 is 2.31 bits per heavy atom. The summed E-state index contributed by atoms with van der Waals surface area (Å²) in [5.74, 6) is -2.28. The summed E-state index contributed by atoms with van der Waals surface area (Å²) >= 11 is 0. The van der Waals surface area contributed by atoms with Crippen LogP contribution in [0.1, 0.15) is 20.3 Å². The molecule has 88 valence electrons. The van der Waals surface area contributed by atoms with Gasteiger partial charge in [-0.3, -0.25) is 9.59 Å². The second kappa shape index (κ2) is 3.92.